The highest BCUT2D eigenvalue weighted by atomic mass is 16.1. The molecule has 0 radical (unpaired) electrons. The van der Waals surface area contributed by atoms with Crippen molar-refractivity contribution in [2.45, 2.75) is 19.3 Å². The van der Waals surface area contributed by atoms with Crippen LogP contribution in [0.2, 0.25) is 0 Å². The number of hydrogen-bond donors (Lipinski definition) is 1. The summed E-state index contributed by atoms with van der Waals surface area (Å²) < 4.78 is 0. The first-order valence-electron chi connectivity index (χ1n) is 9.26. The van der Waals surface area contributed by atoms with Crippen molar-refractivity contribution in [1.82, 2.24) is 0 Å². The Morgan fingerprint density at radius 1 is 0.840 bits per heavy atom. The number of rotatable bonds is 4. The second kappa shape index (κ2) is 7.18. The fraction of sp³-hybridized carbons (Fsp3) is 0.381. The Morgan fingerprint density at radius 2 is 1.48 bits per heavy atom. The van der Waals surface area contributed by atoms with Crippen molar-refractivity contribution in [2.75, 3.05) is 41.3 Å². The molecule has 0 unspecified atom stereocenters. The molecule has 1 saturated carbocycles. The second-order valence-electron chi connectivity index (χ2n) is 6.94. The zero-order valence-electron chi connectivity index (χ0n) is 14.5. The van der Waals surface area contributed by atoms with E-state index in [1.54, 1.807) is 0 Å². The molecule has 0 spiro atoms. The second-order valence-corrected chi connectivity index (χ2v) is 6.94. The molecular formula is C21H25N3O. The van der Waals surface area contributed by atoms with Gasteiger partial charge in [-0.2, -0.15) is 0 Å². The third-order valence-corrected chi connectivity index (χ3v) is 5.38. The Morgan fingerprint density at radius 3 is 2.16 bits per heavy atom. The molecule has 25 heavy (non-hydrogen) atoms. The van der Waals surface area contributed by atoms with Crippen LogP contribution in [-0.4, -0.2) is 32.1 Å². The van der Waals surface area contributed by atoms with Crippen molar-refractivity contribution in [3.63, 3.8) is 0 Å². The Bertz CT molecular complexity index is 719. The fourth-order valence-corrected chi connectivity index (χ4v) is 3.60. The van der Waals surface area contributed by atoms with Gasteiger partial charge in [-0.05, 0) is 37.1 Å². The number of piperazine rings is 1. The first-order chi connectivity index (χ1) is 12.3. The summed E-state index contributed by atoms with van der Waals surface area (Å²) in [5.41, 5.74) is 3.38. The highest BCUT2D eigenvalue weighted by molar-refractivity contribution is 5.96. The summed E-state index contributed by atoms with van der Waals surface area (Å²) in [5, 5.41) is 3.16. The van der Waals surface area contributed by atoms with Crippen LogP contribution in [0.3, 0.4) is 0 Å². The summed E-state index contributed by atoms with van der Waals surface area (Å²) in [7, 11) is 0. The van der Waals surface area contributed by atoms with E-state index >= 15 is 0 Å². The van der Waals surface area contributed by atoms with Crippen LogP contribution in [0, 0.1) is 5.92 Å². The third-order valence-electron chi connectivity index (χ3n) is 5.38. The lowest BCUT2D eigenvalue weighted by molar-refractivity contribution is -0.122. The first-order valence-corrected chi connectivity index (χ1v) is 9.26. The quantitative estimate of drug-likeness (QED) is 0.924. The van der Waals surface area contributed by atoms with Crippen molar-refractivity contribution >= 4 is 23.0 Å². The van der Waals surface area contributed by atoms with Crippen molar-refractivity contribution < 1.29 is 4.79 Å². The van der Waals surface area contributed by atoms with Crippen LogP contribution in [0.1, 0.15) is 19.3 Å². The van der Waals surface area contributed by atoms with Crippen LogP contribution < -0.4 is 15.1 Å². The highest BCUT2D eigenvalue weighted by Gasteiger charge is 2.26. The molecule has 1 aliphatic heterocycles. The van der Waals surface area contributed by atoms with Crippen molar-refractivity contribution in [1.29, 1.82) is 0 Å². The molecule has 0 atom stereocenters. The van der Waals surface area contributed by atoms with Gasteiger partial charge in [0.1, 0.15) is 0 Å². The van der Waals surface area contributed by atoms with Gasteiger partial charge in [0.05, 0.1) is 11.4 Å². The number of carbonyl (C=O) groups excluding carboxylic acids is 1. The molecule has 1 aliphatic carbocycles. The standard InChI is InChI=1S/C21H25N3O/c25-21(17-7-6-8-17)22-19-11-4-5-12-20(19)24-15-13-23(14-16-24)18-9-2-1-3-10-18/h1-5,9-12,17H,6-8,13-16H2,(H,22,25). The maximum absolute atomic E-state index is 12.3. The topological polar surface area (TPSA) is 35.6 Å². The predicted molar refractivity (Wildman–Crippen MR) is 103 cm³/mol. The number of benzene rings is 2. The van der Waals surface area contributed by atoms with Gasteiger partial charge in [0.15, 0.2) is 0 Å². The van der Waals surface area contributed by atoms with Crippen LogP contribution >= 0.6 is 0 Å². The molecule has 2 aliphatic rings. The van der Waals surface area contributed by atoms with Crippen molar-refractivity contribution in [3.05, 3.63) is 54.6 Å². The Balaban J connectivity index is 1.43. The summed E-state index contributed by atoms with van der Waals surface area (Å²) in [6.45, 7) is 3.92. The molecule has 0 aromatic heterocycles. The van der Waals surface area contributed by atoms with E-state index in [4.69, 9.17) is 0 Å². The minimum Gasteiger partial charge on any atom is -0.368 e. The summed E-state index contributed by atoms with van der Waals surface area (Å²) >= 11 is 0. The Labute approximate surface area is 149 Å². The normalized spacial score (nSPS) is 17.9. The molecule has 2 fully saturated rings. The van der Waals surface area contributed by atoms with Crippen molar-refractivity contribution in [2.24, 2.45) is 5.92 Å². The van der Waals surface area contributed by atoms with E-state index in [1.807, 2.05) is 12.1 Å². The number of amides is 1. The number of para-hydroxylation sites is 3. The Kier molecular flexibility index (Phi) is 4.59. The molecule has 4 rings (SSSR count). The highest BCUT2D eigenvalue weighted by Crippen LogP contribution is 2.31. The third kappa shape index (κ3) is 3.48. The van der Waals surface area contributed by atoms with Gasteiger partial charge < -0.3 is 15.1 Å². The minimum absolute atomic E-state index is 0.182. The number of nitrogens with one attached hydrogen (secondary N) is 1. The monoisotopic (exact) mass is 335 g/mol. The summed E-state index contributed by atoms with van der Waals surface area (Å²) in [5.74, 6) is 0.393. The summed E-state index contributed by atoms with van der Waals surface area (Å²) in [6, 6.07) is 18.8. The molecule has 1 heterocycles. The molecule has 4 nitrogen and oxygen atoms in total. The maximum Gasteiger partial charge on any atom is 0.227 e. The summed E-state index contributed by atoms with van der Waals surface area (Å²) in [4.78, 5) is 17.1. The smallest absolute Gasteiger partial charge is 0.227 e. The van der Waals surface area contributed by atoms with E-state index in [9.17, 15) is 4.79 Å². The Hall–Kier alpha value is -2.49. The molecule has 1 saturated heterocycles. The lowest BCUT2D eigenvalue weighted by Gasteiger charge is -2.38. The van der Waals surface area contributed by atoms with E-state index < -0.39 is 0 Å². The van der Waals surface area contributed by atoms with E-state index in [0.717, 1.165) is 50.4 Å². The van der Waals surface area contributed by atoms with E-state index in [2.05, 4.69) is 57.6 Å². The van der Waals surface area contributed by atoms with Crippen LogP contribution in [0.4, 0.5) is 17.1 Å². The van der Waals surface area contributed by atoms with Gasteiger partial charge in [-0.15, -0.1) is 0 Å². The zero-order valence-corrected chi connectivity index (χ0v) is 14.5. The van der Waals surface area contributed by atoms with Gasteiger partial charge in [0.2, 0.25) is 5.91 Å². The van der Waals surface area contributed by atoms with Crippen LogP contribution in [-0.2, 0) is 4.79 Å². The van der Waals surface area contributed by atoms with Gasteiger partial charge in [-0.1, -0.05) is 36.8 Å². The van der Waals surface area contributed by atoms with Crippen LogP contribution in [0.25, 0.3) is 0 Å². The largest absolute Gasteiger partial charge is 0.368 e. The zero-order chi connectivity index (χ0) is 17.1. The van der Waals surface area contributed by atoms with E-state index in [1.165, 1.54) is 12.1 Å². The van der Waals surface area contributed by atoms with Gasteiger partial charge in [-0.25, -0.2) is 0 Å². The number of anilines is 3. The first kappa shape index (κ1) is 16.0. The molecule has 130 valence electrons. The predicted octanol–water partition coefficient (Wildman–Crippen LogP) is 3.75. The molecule has 2 aromatic rings. The van der Waals surface area contributed by atoms with Crippen LogP contribution in [0.5, 0.6) is 0 Å². The summed E-state index contributed by atoms with van der Waals surface area (Å²) in [6.07, 6.45) is 3.24. The number of nitrogens with zero attached hydrogens (tertiary/aromatic N) is 2. The van der Waals surface area contributed by atoms with Gasteiger partial charge in [-0.3, -0.25) is 4.79 Å². The van der Waals surface area contributed by atoms with E-state index in [0.29, 0.717) is 0 Å². The molecule has 1 N–H and O–H groups in total. The number of hydrogen-bond acceptors (Lipinski definition) is 3. The average molecular weight is 335 g/mol. The molecule has 4 heteroatoms. The van der Waals surface area contributed by atoms with Crippen molar-refractivity contribution in [3.8, 4) is 0 Å². The fourth-order valence-electron chi connectivity index (χ4n) is 3.60. The van der Waals surface area contributed by atoms with E-state index in [-0.39, 0.29) is 11.8 Å². The molecule has 1 amide bonds. The van der Waals surface area contributed by atoms with Gasteiger partial charge in [0, 0.05) is 37.8 Å². The van der Waals surface area contributed by atoms with Crippen LogP contribution in [0.15, 0.2) is 54.6 Å². The maximum atomic E-state index is 12.3. The number of carbonyl (C=O) groups is 1. The lowest BCUT2D eigenvalue weighted by atomic mass is 9.85. The lowest BCUT2D eigenvalue weighted by Crippen LogP contribution is -2.46. The van der Waals surface area contributed by atoms with Gasteiger partial charge >= 0.3 is 0 Å². The van der Waals surface area contributed by atoms with Gasteiger partial charge in [0.25, 0.3) is 0 Å². The molecular weight excluding hydrogens is 310 g/mol. The average Bonchev–Trinajstić information content (AvgIpc) is 2.62. The minimum atomic E-state index is 0.182. The molecule has 2 aromatic carbocycles. The SMILES string of the molecule is O=C(Nc1ccccc1N1CCN(c2ccccc2)CC1)C1CCC1. The molecule has 0 bridgehead atoms.